The van der Waals surface area contributed by atoms with Crippen LogP contribution >= 0.6 is 15.9 Å². The van der Waals surface area contributed by atoms with Crippen LogP contribution in [0.25, 0.3) is 11.8 Å². The Kier molecular flexibility index (Phi) is 4.83. The monoisotopic (exact) mass is 439 g/mol. The van der Waals surface area contributed by atoms with Crippen LogP contribution < -0.4 is 5.32 Å². The number of hydrogen-bond donors (Lipinski definition) is 1. The number of imide groups is 1. The van der Waals surface area contributed by atoms with E-state index in [0.717, 1.165) is 20.8 Å². The second-order valence-electron chi connectivity index (χ2n) is 6.25. The highest BCUT2D eigenvalue weighted by molar-refractivity contribution is 9.10. The van der Waals surface area contributed by atoms with Crippen LogP contribution in [0, 0.1) is 5.82 Å². The zero-order valence-electron chi connectivity index (χ0n) is 14.6. The lowest BCUT2D eigenvalue weighted by Gasteiger charge is -2.12. The van der Waals surface area contributed by atoms with Gasteiger partial charge in [0, 0.05) is 27.6 Å². The van der Waals surface area contributed by atoms with Gasteiger partial charge in [0.15, 0.2) is 0 Å². The first-order valence-electron chi connectivity index (χ1n) is 8.54. The lowest BCUT2D eigenvalue weighted by Crippen LogP contribution is -2.30. The summed E-state index contributed by atoms with van der Waals surface area (Å²) in [7, 11) is 0. The van der Waals surface area contributed by atoms with Gasteiger partial charge in [-0.3, -0.25) is 9.69 Å². The van der Waals surface area contributed by atoms with E-state index in [9.17, 15) is 14.0 Å². The molecule has 0 bridgehead atoms. The van der Waals surface area contributed by atoms with Crippen LogP contribution in [0.1, 0.15) is 11.3 Å². The van der Waals surface area contributed by atoms with E-state index in [2.05, 4.69) is 21.2 Å². The van der Waals surface area contributed by atoms with E-state index in [-0.39, 0.29) is 17.8 Å². The Hall–Kier alpha value is -3.19. The molecular weight excluding hydrogens is 425 g/mol. The van der Waals surface area contributed by atoms with Gasteiger partial charge in [0.25, 0.3) is 5.91 Å². The summed E-state index contributed by atoms with van der Waals surface area (Å²) in [6.45, 7) is -0.124. The van der Waals surface area contributed by atoms with Crippen LogP contribution in [0.15, 0.2) is 77.0 Å². The van der Waals surface area contributed by atoms with Crippen LogP contribution in [0.5, 0.6) is 0 Å². The molecule has 28 heavy (non-hydrogen) atoms. The van der Waals surface area contributed by atoms with Crippen LogP contribution in [0.4, 0.5) is 9.18 Å². The molecule has 0 atom stereocenters. The number of aromatic nitrogens is 1. The predicted molar refractivity (Wildman–Crippen MR) is 107 cm³/mol. The second kappa shape index (κ2) is 7.44. The number of nitrogens with one attached hydrogen (secondary N) is 1. The van der Waals surface area contributed by atoms with Crippen molar-refractivity contribution in [1.82, 2.24) is 14.8 Å². The number of carbonyl (C=O) groups is 2. The van der Waals surface area contributed by atoms with Crippen molar-refractivity contribution >= 4 is 33.9 Å². The summed E-state index contributed by atoms with van der Waals surface area (Å²) in [6.07, 6.45) is 3.48. The molecule has 1 aliphatic rings. The van der Waals surface area contributed by atoms with Gasteiger partial charge in [-0.15, -0.1) is 0 Å². The van der Waals surface area contributed by atoms with Crippen molar-refractivity contribution in [3.05, 3.63) is 94.1 Å². The number of carbonyl (C=O) groups excluding carboxylic acids is 2. The Balaban J connectivity index is 1.62. The molecule has 2 heterocycles. The molecule has 5 nitrogen and oxygen atoms in total. The number of urea groups is 1. The van der Waals surface area contributed by atoms with E-state index in [1.807, 2.05) is 47.2 Å². The molecule has 0 unspecified atom stereocenters. The maximum atomic E-state index is 13.9. The number of rotatable bonds is 4. The van der Waals surface area contributed by atoms with Crippen molar-refractivity contribution in [3.63, 3.8) is 0 Å². The normalized spacial score (nSPS) is 15.4. The fourth-order valence-corrected chi connectivity index (χ4v) is 3.42. The molecule has 1 saturated heterocycles. The van der Waals surface area contributed by atoms with Crippen LogP contribution in [-0.2, 0) is 11.3 Å². The SMILES string of the molecule is O=C1N/C(=C/c2cccn2-c2cccc(Br)c2)C(=O)N1Cc1ccccc1F. The lowest BCUT2D eigenvalue weighted by molar-refractivity contribution is -0.123. The largest absolute Gasteiger partial charge is 0.329 e. The van der Waals surface area contributed by atoms with E-state index < -0.39 is 17.8 Å². The van der Waals surface area contributed by atoms with Gasteiger partial charge in [-0.2, -0.15) is 0 Å². The number of amides is 3. The van der Waals surface area contributed by atoms with Gasteiger partial charge in [-0.05, 0) is 42.5 Å². The minimum Gasteiger partial charge on any atom is -0.317 e. The Morgan fingerprint density at radius 3 is 2.64 bits per heavy atom. The molecule has 2 aromatic carbocycles. The van der Waals surface area contributed by atoms with Gasteiger partial charge >= 0.3 is 6.03 Å². The molecule has 3 aromatic rings. The Morgan fingerprint density at radius 1 is 1.04 bits per heavy atom. The molecule has 3 amide bonds. The average Bonchev–Trinajstić information content (AvgIpc) is 3.24. The van der Waals surface area contributed by atoms with Crippen LogP contribution in [0.3, 0.4) is 0 Å². The van der Waals surface area contributed by atoms with Crippen molar-refractivity contribution in [2.24, 2.45) is 0 Å². The van der Waals surface area contributed by atoms with Gasteiger partial charge in [0.05, 0.1) is 6.54 Å². The molecule has 1 aliphatic heterocycles. The molecule has 1 aromatic heterocycles. The van der Waals surface area contributed by atoms with Gasteiger partial charge in [-0.1, -0.05) is 40.2 Å². The zero-order chi connectivity index (χ0) is 19.7. The van der Waals surface area contributed by atoms with Crippen molar-refractivity contribution in [3.8, 4) is 5.69 Å². The molecule has 0 aliphatic carbocycles. The standard InChI is InChI=1S/C21H15BrFN3O2/c22-15-6-3-7-16(11-15)25-10-4-8-17(25)12-19-20(27)26(21(28)24-19)13-14-5-1-2-9-18(14)23/h1-12H,13H2,(H,24,28)/b19-12+. The maximum Gasteiger partial charge on any atom is 0.329 e. The number of benzene rings is 2. The van der Waals surface area contributed by atoms with Crippen LogP contribution in [-0.4, -0.2) is 21.4 Å². The van der Waals surface area contributed by atoms with E-state index in [4.69, 9.17) is 0 Å². The minimum atomic E-state index is -0.569. The van der Waals surface area contributed by atoms with Crippen LogP contribution in [0.2, 0.25) is 0 Å². The summed E-state index contributed by atoms with van der Waals surface area (Å²) in [5.74, 6) is -0.945. The van der Waals surface area contributed by atoms with Crippen molar-refractivity contribution < 1.29 is 14.0 Å². The molecule has 0 saturated carbocycles. The molecule has 1 N–H and O–H groups in total. The quantitative estimate of drug-likeness (QED) is 0.481. The first-order chi connectivity index (χ1) is 13.5. The summed E-state index contributed by atoms with van der Waals surface area (Å²) in [6, 6.07) is 16.9. The summed E-state index contributed by atoms with van der Waals surface area (Å²) >= 11 is 3.45. The molecule has 4 rings (SSSR count). The number of hydrogen-bond acceptors (Lipinski definition) is 2. The highest BCUT2D eigenvalue weighted by atomic mass is 79.9. The molecular formula is C21H15BrFN3O2. The van der Waals surface area contributed by atoms with Crippen molar-refractivity contribution in [2.45, 2.75) is 6.54 Å². The van der Waals surface area contributed by atoms with Crippen molar-refractivity contribution in [2.75, 3.05) is 0 Å². The second-order valence-corrected chi connectivity index (χ2v) is 7.17. The van der Waals surface area contributed by atoms with Crippen molar-refractivity contribution in [1.29, 1.82) is 0 Å². The molecule has 0 radical (unpaired) electrons. The molecule has 140 valence electrons. The Bertz CT molecular complexity index is 1110. The minimum absolute atomic E-state index is 0.124. The summed E-state index contributed by atoms with van der Waals surface area (Å²) in [5.41, 5.74) is 2.07. The summed E-state index contributed by atoms with van der Waals surface area (Å²) in [5, 5.41) is 2.58. The first kappa shape index (κ1) is 18.2. The van der Waals surface area contributed by atoms with Gasteiger partial charge in [-0.25, -0.2) is 9.18 Å². The number of halogens is 2. The third-order valence-corrected chi connectivity index (χ3v) is 4.90. The van der Waals surface area contributed by atoms with E-state index in [1.165, 1.54) is 6.07 Å². The van der Waals surface area contributed by atoms with E-state index in [0.29, 0.717) is 0 Å². The fraction of sp³-hybridized carbons (Fsp3) is 0.0476. The fourth-order valence-electron chi connectivity index (χ4n) is 3.03. The smallest absolute Gasteiger partial charge is 0.317 e. The van der Waals surface area contributed by atoms with Gasteiger partial charge in [0.1, 0.15) is 11.5 Å². The lowest BCUT2D eigenvalue weighted by atomic mass is 10.2. The third-order valence-electron chi connectivity index (χ3n) is 4.41. The highest BCUT2D eigenvalue weighted by Crippen LogP contribution is 2.22. The maximum absolute atomic E-state index is 13.9. The average molecular weight is 440 g/mol. The Labute approximate surface area is 169 Å². The summed E-state index contributed by atoms with van der Waals surface area (Å²) < 4.78 is 16.7. The molecule has 0 spiro atoms. The first-order valence-corrected chi connectivity index (χ1v) is 9.33. The highest BCUT2D eigenvalue weighted by Gasteiger charge is 2.34. The van der Waals surface area contributed by atoms with Gasteiger partial charge in [0.2, 0.25) is 0 Å². The zero-order valence-corrected chi connectivity index (χ0v) is 16.2. The van der Waals surface area contributed by atoms with E-state index >= 15 is 0 Å². The van der Waals surface area contributed by atoms with Gasteiger partial charge < -0.3 is 9.88 Å². The number of nitrogens with zero attached hydrogens (tertiary/aromatic N) is 2. The summed E-state index contributed by atoms with van der Waals surface area (Å²) in [4.78, 5) is 25.9. The molecule has 7 heteroatoms. The predicted octanol–water partition coefficient (Wildman–Crippen LogP) is 4.47. The topological polar surface area (TPSA) is 54.3 Å². The molecule has 1 fully saturated rings. The van der Waals surface area contributed by atoms with E-state index in [1.54, 1.807) is 24.3 Å². The Morgan fingerprint density at radius 2 is 1.86 bits per heavy atom. The third kappa shape index (κ3) is 3.48.